The van der Waals surface area contributed by atoms with Crippen LogP contribution in [-0.4, -0.2) is 12.5 Å². The number of hydrogen-bond donors (Lipinski definition) is 1. The van der Waals surface area contributed by atoms with E-state index < -0.39 is 0 Å². The predicted molar refractivity (Wildman–Crippen MR) is 96.4 cm³/mol. The van der Waals surface area contributed by atoms with Gasteiger partial charge in [0, 0.05) is 0 Å². The summed E-state index contributed by atoms with van der Waals surface area (Å²) in [7, 11) is 0. The number of fused-ring (bicyclic) bond motifs is 1. The Labute approximate surface area is 144 Å². The van der Waals surface area contributed by atoms with Gasteiger partial charge in [0.25, 0.3) is 5.91 Å². The fourth-order valence-electron chi connectivity index (χ4n) is 3.39. The van der Waals surface area contributed by atoms with Gasteiger partial charge in [-0.15, -0.1) is 0 Å². The highest BCUT2D eigenvalue weighted by molar-refractivity contribution is 5.78. The molecule has 3 nitrogen and oxygen atoms in total. The second-order valence-corrected chi connectivity index (χ2v) is 6.78. The molecule has 0 saturated heterocycles. The molecule has 1 N–H and O–H groups in total. The van der Waals surface area contributed by atoms with Crippen LogP contribution in [0.3, 0.4) is 0 Å². The smallest absolute Gasteiger partial charge is 0.258 e. The number of amides is 1. The molecule has 1 amide bonds. The van der Waals surface area contributed by atoms with Crippen molar-refractivity contribution in [1.29, 1.82) is 0 Å². The Balaban J connectivity index is 1.56. The Morgan fingerprint density at radius 3 is 2.54 bits per heavy atom. The summed E-state index contributed by atoms with van der Waals surface area (Å²) in [6.45, 7) is 6.11. The molecule has 126 valence electrons. The molecular weight excluding hydrogens is 298 g/mol. The van der Waals surface area contributed by atoms with Crippen LogP contribution >= 0.6 is 0 Å². The number of rotatable bonds is 5. The van der Waals surface area contributed by atoms with E-state index >= 15 is 0 Å². The van der Waals surface area contributed by atoms with Crippen molar-refractivity contribution in [3.63, 3.8) is 0 Å². The zero-order chi connectivity index (χ0) is 17.1. The van der Waals surface area contributed by atoms with E-state index in [1.54, 1.807) is 0 Å². The fraction of sp³-hybridized carbons (Fsp3) is 0.381. The van der Waals surface area contributed by atoms with Crippen LogP contribution < -0.4 is 10.1 Å². The van der Waals surface area contributed by atoms with E-state index in [0.29, 0.717) is 0 Å². The number of ether oxygens (including phenoxy) is 1. The first kappa shape index (κ1) is 16.6. The van der Waals surface area contributed by atoms with Crippen molar-refractivity contribution in [2.75, 3.05) is 6.61 Å². The van der Waals surface area contributed by atoms with Crippen molar-refractivity contribution >= 4 is 5.91 Å². The quantitative estimate of drug-likeness (QED) is 0.901. The summed E-state index contributed by atoms with van der Waals surface area (Å²) in [6, 6.07) is 12.5. The van der Waals surface area contributed by atoms with Gasteiger partial charge < -0.3 is 10.1 Å². The number of hydrogen-bond acceptors (Lipinski definition) is 2. The molecule has 0 aromatic heterocycles. The predicted octanol–water partition coefficient (Wildman–Crippen LogP) is 4.05. The minimum atomic E-state index is -0.0952. The molecule has 3 rings (SSSR count). The molecule has 3 heteroatoms. The number of carbonyl (C=O) groups is 1. The Morgan fingerprint density at radius 2 is 1.79 bits per heavy atom. The highest BCUT2D eigenvalue weighted by Gasteiger charge is 2.15. The highest BCUT2D eigenvalue weighted by Crippen LogP contribution is 2.25. The molecule has 0 saturated carbocycles. The van der Waals surface area contributed by atoms with Crippen molar-refractivity contribution in [3.8, 4) is 5.75 Å². The SMILES string of the molecule is Cc1cc(C)cc(OCC(=O)N[C@H](C)c2ccc3c(c2)CCC3)c1. The Morgan fingerprint density at radius 1 is 1.08 bits per heavy atom. The molecule has 1 atom stereocenters. The molecule has 2 aromatic carbocycles. The fourth-order valence-corrected chi connectivity index (χ4v) is 3.39. The zero-order valence-corrected chi connectivity index (χ0v) is 14.7. The average molecular weight is 323 g/mol. The lowest BCUT2D eigenvalue weighted by Crippen LogP contribution is -2.31. The summed E-state index contributed by atoms with van der Waals surface area (Å²) in [6.07, 6.45) is 3.57. The van der Waals surface area contributed by atoms with E-state index in [1.807, 2.05) is 32.9 Å². The lowest BCUT2D eigenvalue weighted by Gasteiger charge is -2.16. The minimum absolute atomic E-state index is 0.00811. The van der Waals surface area contributed by atoms with Crippen LogP contribution in [0.1, 0.15) is 47.2 Å². The first-order valence-electron chi connectivity index (χ1n) is 8.63. The molecule has 0 radical (unpaired) electrons. The lowest BCUT2D eigenvalue weighted by molar-refractivity contribution is -0.123. The first-order chi connectivity index (χ1) is 11.5. The maximum absolute atomic E-state index is 12.2. The van der Waals surface area contributed by atoms with Crippen LogP contribution in [0.15, 0.2) is 36.4 Å². The summed E-state index contributed by atoms with van der Waals surface area (Å²) >= 11 is 0. The van der Waals surface area contributed by atoms with Crippen LogP contribution in [0, 0.1) is 13.8 Å². The van der Waals surface area contributed by atoms with E-state index in [1.165, 1.54) is 24.0 Å². The molecule has 1 aliphatic carbocycles. The van der Waals surface area contributed by atoms with Gasteiger partial charge in [0.2, 0.25) is 0 Å². The second-order valence-electron chi connectivity index (χ2n) is 6.78. The minimum Gasteiger partial charge on any atom is -0.484 e. The summed E-state index contributed by atoms with van der Waals surface area (Å²) < 4.78 is 5.63. The topological polar surface area (TPSA) is 38.3 Å². The van der Waals surface area contributed by atoms with Crippen molar-refractivity contribution in [2.24, 2.45) is 0 Å². The average Bonchev–Trinajstić information content (AvgIpc) is 2.99. The molecule has 0 spiro atoms. The normalized spacial score (nSPS) is 14.1. The van der Waals surface area contributed by atoms with Crippen molar-refractivity contribution < 1.29 is 9.53 Å². The number of nitrogens with one attached hydrogen (secondary N) is 1. The van der Waals surface area contributed by atoms with Crippen LogP contribution in [-0.2, 0) is 17.6 Å². The van der Waals surface area contributed by atoms with Gasteiger partial charge in [0.15, 0.2) is 6.61 Å². The van der Waals surface area contributed by atoms with Crippen LogP contribution in [0.4, 0.5) is 0 Å². The third-order valence-electron chi connectivity index (χ3n) is 4.57. The van der Waals surface area contributed by atoms with Crippen molar-refractivity contribution in [1.82, 2.24) is 5.32 Å². The largest absolute Gasteiger partial charge is 0.484 e. The van der Waals surface area contributed by atoms with Gasteiger partial charge in [-0.25, -0.2) is 0 Å². The number of aryl methyl sites for hydroxylation is 4. The molecule has 0 aliphatic heterocycles. The van der Waals surface area contributed by atoms with E-state index in [0.717, 1.165) is 28.9 Å². The maximum Gasteiger partial charge on any atom is 0.258 e. The van der Waals surface area contributed by atoms with Crippen LogP contribution in [0.5, 0.6) is 5.75 Å². The van der Waals surface area contributed by atoms with Gasteiger partial charge in [-0.3, -0.25) is 4.79 Å². The molecule has 1 aliphatic rings. The van der Waals surface area contributed by atoms with Gasteiger partial charge in [-0.1, -0.05) is 24.3 Å². The van der Waals surface area contributed by atoms with Crippen LogP contribution in [0.25, 0.3) is 0 Å². The molecule has 2 aromatic rings. The third kappa shape index (κ3) is 3.97. The van der Waals surface area contributed by atoms with E-state index in [2.05, 4.69) is 29.6 Å². The highest BCUT2D eigenvalue weighted by atomic mass is 16.5. The molecule has 0 fully saturated rings. The number of benzene rings is 2. The first-order valence-corrected chi connectivity index (χ1v) is 8.63. The standard InChI is InChI=1S/C21H25NO2/c1-14-9-15(2)11-20(10-14)24-13-21(23)22-16(3)18-8-7-17-5-4-6-19(17)12-18/h7-12,16H,4-6,13H2,1-3H3,(H,22,23)/t16-/m1/s1. The van der Waals surface area contributed by atoms with Crippen LogP contribution in [0.2, 0.25) is 0 Å². The Kier molecular flexibility index (Phi) is 4.89. The molecule has 0 unspecified atom stereocenters. The summed E-state index contributed by atoms with van der Waals surface area (Å²) in [5.41, 5.74) is 6.32. The monoisotopic (exact) mass is 323 g/mol. The van der Waals surface area contributed by atoms with Gasteiger partial charge in [-0.2, -0.15) is 0 Å². The van der Waals surface area contributed by atoms with Gasteiger partial charge in [0.1, 0.15) is 5.75 Å². The molecule has 24 heavy (non-hydrogen) atoms. The van der Waals surface area contributed by atoms with Crippen molar-refractivity contribution in [3.05, 3.63) is 64.2 Å². The van der Waals surface area contributed by atoms with E-state index in [4.69, 9.17) is 4.74 Å². The number of carbonyl (C=O) groups excluding carboxylic acids is 1. The maximum atomic E-state index is 12.2. The third-order valence-corrected chi connectivity index (χ3v) is 4.57. The van der Waals surface area contributed by atoms with E-state index in [-0.39, 0.29) is 18.6 Å². The van der Waals surface area contributed by atoms with Gasteiger partial charge >= 0.3 is 0 Å². The molecule has 0 bridgehead atoms. The Hall–Kier alpha value is -2.29. The zero-order valence-electron chi connectivity index (χ0n) is 14.7. The summed E-state index contributed by atoms with van der Waals surface area (Å²) in [4.78, 5) is 12.2. The summed E-state index contributed by atoms with van der Waals surface area (Å²) in [5.74, 6) is 0.648. The second kappa shape index (κ2) is 7.08. The summed E-state index contributed by atoms with van der Waals surface area (Å²) in [5, 5.41) is 3.02. The Bertz CT molecular complexity index is 731. The van der Waals surface area contributed by atoms with Crippen molar-refractivity contribution in [2.45, 2.75) is 46.1 Å². The molecule has 0 heterocycles. The van der Waals surface area contributed by atoms with Gasteiger partial charge in [-0.05, 0) is 80.0 Å². The van der Waals surface area contributed by atoms with E-state index in [9.17, 15) is 4.79 Å². The lowest BCUT2D eigenvalue weighted by atomic mass is 10.0. The molecular formula is C21H25NO2. The van der Waals surface area contributed by atoms with Gasteiger partial charge in [0.05, 0.1) is 6.04 Å².